The molecule has 1 rings (SSSR count). The van der Waals surface area contributed by atoms with Gasteiger partial charge in [-0.3, -0.25) is 0 Å². The minimum Gasteiger partial charge on any atom is -0.785 e. The molecule has 0 unspecified atom stereocenters. The molecule has 0 radical (unpaired) electrons. The van der Waals surface area contributed by atoms with Crippen molar-refractivity contribution in [3.05, 3.63) is 5.21 Å². The Morgan fingerprint density at radius 3 is 2.14 bits per heavy atom. The highest BCUT2D eigenvalue weighted by Crippen LogP contribution is 2.13. The molecule has 7 heavy (non-hydrogen) atoms. The van der Waals surface area contributed by atoms with Crippen LogP contribution in [0.3, 0.4) is 0 Å². The molecule has 0 aromatic rings. The summed E-state index contributed by atoms with van der Waals surface area (Å²) in [5, 5.41) is 11.5. The first-order valence-electron chi connectivity index (χ1n) is 2.52. The molecule has 0 spiro atoms. The van der Waals surface area contributed by atoms with Crippen LogP contribution in [0.2, 0.25) is 0 Å². The highest BCUT2D eigenvalue weighted by atomic mass is 31.1. The lowest BCUT2D eigenvalue weighted by Gasteiger charge is -2.31. The molecule has 0 aliphatic carbocycles. The zero-order valence-electron chi connectivity index (χ0n) is 4.18. The summed E-state index contributed by atoms with van der Waals surface area (Å²) < 4.78 is 0. The first-order chi connectivity index (χ1) is 3.39. The molecule has 0 atom stereocenters. The van der Waals surface area contributed by atoms with E-state index in [2.05, 4.69) is 0 Å². The molecule has 1 aliphatic heterocycles. The third-order valence-corrected chi connectivity index (χ3v) is 2.23. The number of rotatable bonds is 0. The van der Waals surface area contributed by atoms with Crippen LogP contribution >= 0.6 is 8.58 Å². The molecule has 1 fully saturated rings. The van der Waals surface area contributed by atoms with E-state index in [4.69, 9.17) is 0 Å². The normalized spacial score (nSPS) is 25.3. The third-order valence-electron chi connectivity index (χ3n) is 1.08. The zero-order valence-corrected chi connectivity index (χ0v) is 5.18. The molecule has 0 amide bonds. The van der Waals surface area contributed by atoms with E-state index in [-0.39, 0.29) is 0 Å². The van der Waals surface area contributed by atoms with Gasteiger partial charge < -0.3 is 10.3 Å². The van der Waals surface area contributed by atoms with Crippen LogP contribution in [0, 0.1) is 5.21 Å². The van der Waals surface area contributed by atoms with Crippen molar-refractivity contribution in [1.82, 2.24) is 5.06 Å². The maximum absolute atomic E-state index is 10.4. The first kappa shape index (κ1) is 5.49. The van der Waals surface area contributed by atoms with Crippen LogP contribution in [0.15, 0.2) is 0 Å². The fourth-order valence-electron chi connectivity index (χ4n) is 0.644. The topological polar surface area (TPSA) is 26.3 Å². The molecule has 0 aromatic carbocycles. The van der Waals surface area contributed by atoms with Gasteiger partial charge in [0.2, 0.25) is 0 Å². The predicted octanol–water partition coefficient (Wildman–Crippen LogP) is 0.478. The molecule has 42 valence electrons. The van der Waals surface area contributed by atoms with Gasteiger partial charge in [-0.1, -0.05) is 0 Å². The van der Waals surface area contributed by atoms with Crippen molar-refractivity contribution in [2.75, 3.05) is 25.4 Å². The largest absolute Gasteiger partial charge is 0.785 e. The summed E-state index contributed by atoms with van der Waals surface area (Å²) in [6.07, 6.45) is 2.26. The molecular weight excluding hydrogens is 109 g/mol. The van der Waals surface area contributed by atoms with Crippen LogP contribution in [-0.4, -0.2) is 30.5 Å². The third kappa shape index (κ3) is 1.72. The van der Waals surface area contributed by atoms with Crippen LogP contribution in [0.1, 0.15) is 0 Å². The summed E-state index contributed by atoms with van der Waals surface area (Å²) in [6, 6.07) is 0. The van der Waals surface area contributed by atoms with Gasteiger partial charge in [-0.15, -0.1) is 8.58 Å². The van der Waals surface area contributed by atoms with Crippen LogP contribution in [0.4, 0.5) is 0 Å². The van der Waals surface area contributed by atoms with Crippen molar-refractivity contribution in [2.24, 2.45) is 0 Å². The fraction of sp³-hybridized carbons (Fsp3) is 1.00. The van der Waals surface area contributed by atoms with Gasteiger partial charge in [-0.05, 0) is 25.4 Å². The number of hydrogen-bond donors (Lipinski definition) is 0. The Bertz CT molecular complexity index is 53.7. The lowest BCUT2D eigenvalue weighted by molar-refractivity contribution is 0.417. The van der Waals surface area contributed by atoms with E-state index in [1.54, 1.807) is 0 Å². The Hall–Kier alpha value is 0.350. The molecule has 0 bridgehead atoms. The Balaban J connectivity index is 2.12. The molecule has 2 nitrogen and oxygen atoms in total. The molecule has 1 saturated heterocycles. The lowest BCUT2D eigenvalue weighted by Crippen LogP contribution is -2.25. The standard InChI is InChI=1S/C4H9NOP/c6-5-1-3-7-4-2-5/h7H,1-4H2/q-1. The Labute approximate surface area is 45.3 Å². The summed E-state index contributed by atoms with van der Waals surface area (Å²) in [4.78, 5) is 0. The van der Waals surface area contributed by atoms with Crippen LogP contribution in [0.25, 0.3) is 0 Å². The number of hydrogen-bond acceptors (Lipinski definition) is 2. The average Bonchev–Trinajstić information content (AvgIpc) is 1.69. The van der Waals surface area contributed by atoms with E-state index in [1.165, 1.54) is 0 Å². The number of nitrogens with zero attached hydrogens (tertiary/aromatic N) is 1. The molecule has 0 N–H and O–H groups in total. The van der Waals surface area contributed by atoms with Gasteiger partial charge in [0, 0.05) is 0 Å². The second-order valence-corrected chi connectivity index (χ2v) is 3.18. The molecule has 3 heteroatoms. The summed E-state index contributed by atoms with van der Waals surface area (Å²) in [5.74, 6) is 0. The highest BCUT2D eigenvalue weighted by molar-refractivity contribution is 7.38. The van der Waals surface area contributed by atoms with Crippen LogP contribution in [0.5, 0.6) is 0 Å². The minimum absolute atomic E-state index is 0.776. The maximum Gasteiger partial charge on any atom is -0.0107 e. The SMILES string of the molecule is [O-]N1CCPCC1. The van der Waals surface area contributed by atoms with E-state index in [0.717, 1.165) is 39.1 Å². The zero-order chi connectivity index (χ0) is 5.11. The van der Waals surface area contributed by atoms with E-state index in [9.17, 15) is 5.21 Å². The van der Waals surface area contributed by atoms with E-state index in [0.29, 0.717) is 0 Å². The monoisotopic (exact) mass is 118 g/mol. The van der Waals surface area contributed by atoms with Gasteiger partial charge in [-0.25, -0.2) is 0 Å². The van der Waals surface area contributed by atoms with Gasteiger partial charge in [0.15, 0.2) is 0 Å². The average molecular weight is 118 g/mol. The Morgan fingerprint density at radius 1 is 1.29 bits per heavy atom. The summed E-state index contributed by atoms with van der Waals surface area (Å²) >= 11 is 0. The van der Waals surface area contributed by atoms with Crippen molar-refractivity contribution < 1.29 is 0 Å². The van der Waals surface area contributed by atoms with Crippen molar-refractivity contribution in [3.63, 3.8) is 0 Å². The van der Waals surface area contributed by atoms with Crippen molar-refractivity contribution in [1.29, 1.82) is 0 Å². The van der Waals surface area contributed by atoms with Gasteiger partial charge in [0.1, 0.15) is 0 Å². The lowest BCUT2D eigenvalue weighted by atomic mass is 10.6. The Kier molecular flexibility index (Phi) is 2.04. The van der Waals surface area contributed by atoms with Gasteiger partial charge in [0.05, 0.1) is 0 Å². The molecule has 0 aromatic heterocycles. The van der Waals surface area contributed by atoms with Crippen LogP contribution in [-0.2, 0) is 0 Å². The van der Waals surface area contributed by atoms with Gasteiger partial charge >= 0.3 is 0 Å². The van der Waals surface area contributed by atoms with E-state index >= 15 is 0 Å². The quantitative estimate of drug-likeness (QED) is 0.432. The second kappa shape index (κ2) is 2.61. The first-order valence-corrected chi connectivity index (χ1v) is 3.94. The number of hydroxylamine groups is 2. The van der Waals surface area contributed by atoms with Crippen molar-refractivity contribution >= 4 is 8.58 Å². The maximum atomic E-state index is 10.4. The summed E-state index contributed by atoms with van der Waals surface area (Å²) in [6.45, 7) is 1.55. The predicted molar refractivity (Wildman–Crippen MR) is 33.0 cm³/mol. The second-order valence-electron chi connectivity index (χ2n) is 1.68. The summed E-state index contributed by atoms with van der Waals surface area (Å²) in [7, 11) is 1.05. The highest BCUT2D eigenvalue weighted by Gasteiger charge is 1.97. The molecule has 0 saturated carbocycles. The van der Waals surface area contributed by atoms with Crippen molar-refractivity contribution in [2.45, 2.75) is 0 Å². The van der Waals surface area contributed by atoms with Crippen molar-refractivity contribution in [3.8, 4) is 0 Å². The molecule has 1 heterocycles. The Morgan fingerprint density at radius 2 is 1.86 bits per heavy atom. The van der Waals surface area contributed by atoms with E-state index < -0.39 is 0 Å². The van der Waals surface area contributed by atoms with E-state index in [1.807, 2.05) is 0 Å². The summed E-state index contributed by atoms with van der Waals surface area (Å²) in [5.41, 5.74) is 0. The molecule has 1 aliphatic rings. The van der Waals surface area contributed by atoms with Gasteiger partial charge in [-0.2, -0.15) is 0 Å². The smallest absolute Gasteiger partial charge is 0.0107 e. The minimum atomic E-state index is 0.776. The van der Waals surface area contributed by atoms with Gasteiger partial charge in [0.25, 0.3) is 0 Å². The fourth-order valence-corrected chi connectivity index (χ4v) is 1.71. The van der Waals surface area contributed by atoms with Crippen LogP contribution < -0.4 is 0 Å². The molecular formula is C4H9NOP-.